The van der Waals surface area contributed by atoms with Crippen molar-refractivity contribution in [2.24, 2.45) is 5.92 Å². The van der Waals surface area contributed by atoms with Crippen molar-refractivity contribution in [2.45, 2.75) is 26.4 Å². The molecule has 1 fully saturated rings. The molecule has 0 amide bonds. The third-order valence-corrected chi connectivity index (χ3v) is 3.96. The van der Waals surface area contributed by atoms with Crippen molar-refractivity contribution in [3.05, 3.63) is 35.4 Å². The summed E-state index contributed by atoms with van der Waals surface area (Å²) in [6, 6.07) is 7.98. The molecule has 2 rings (SSSR count). The van der Waals surface area contributed by atoms with E-state index in [0.717, 1.165) is 23.5 Å². The average Bonchev–Trinajstić information content (AvgIpc) is 2.38. The first kappa shape index (κ1) is 13.6. The van der Waals surface area contributed by atoms with E-state index in [9.17, 15) is 4.79 Å². The second-order valence-electron chi connectivity index (χ2n) is 5.10. The molecule has 1 unspecified atom stereocenters. The van der Waals surface area contributed by atoms with Gasteiger partial charge >= 0.3 is 0 Å². The lowest BCUT2D eigenvalue weighted by atomic mass is 9.98. The van der Waals surface area contributed by atoms with Crippen LogP contribution in [0.1, 0.15) is 29.8 Å². The fraction of sp³-hybridized carbons (Fsp3) is 0.533. The van der Waals surface area contributed by atoms with Crippen LogP contribution in [-0.4, -0.2) is 30.0 Å². The molecule has 0 spiro atoms. The Morgan fingerprint density at radius 2 is 2.33 bits per heavy atom. The van der Waals surface area contributed by atoms with Gasteiger partial charge in [0, 0.05) is 17.1 Å². The van der Waals surface area contributed by atoms with Crippen LogP contribution in [0.5, 0.6) is 0 Å². The third-order valence-electron chi connectivity index (χ3n) is 2.96. The quantitative estimate of drug-likeness (QED) is 0.781. The van der Waals surface area contributed by atoms with Gasteiger partial charge in [0.15, 0.2) is 5.78 Å². The average molecular weight is 264 g/mol. The van der Waals surface area contributed by atoms with E-state index >= 15 is 0 Å². The van der Waals surface area contributed by atoms with Crippen LogP contribution in [0.15, 0.2) is 24.3 Å². The second-order valence-corrected chi connectivity index (χ2v) is 6.25. The number of ether oxygens (including phenoxy) is 1. The first-order valence-electron chi connectivity index (χ1n) is 6.49. The Hall–Kier alpha value is -0.800. The Labute approximate surface area is 113 Å². The fourth-order valence-electron chi connectivity index (χ4n) is 2.15. The molecule has 1 atom stereocenters. The fourth-order valence-corrected chi connectivity index (χ4v) is 2.99. The third kappa shape index (κ3) is 3.59. The van der Waals surface area contributed by atoms with Crippen LogP contribution in [-0.2, 0) is 11.2 Å². The van der Waals surface area contributed by atoms with E-state index in [4.69, 9.17) is 4.74 Å². The largest absolute Gasteiger partial charge is 0.368 e. The number of thioether (sulfide) groups is 1. The van der Waals surface area contributed by atoms with Gasteiger partial charge in [-0.15, -0.1) is 0 Å². The topological polar surface area (TPSA) is 26.3 Å². The highest BCUT2D eigenvalue weighted by atomic mass is 32.2. The number of Topliss-reactive ketones (excluding diaryl/α,β-unsaturated/α-hetero) is 1. The van der Waals surface area contributed by atoms with Crippen molar-refractivity contribution in [3.8, 4) is 0 Å². The number of hydrogen-bond acceptors (Lipinski definition) is 3. The first-order valence-corrected chi connectivity index (χ1v) is 7.65. The lowest BCUT2D eigenvalue weighted by molar-refractivity contribution is 0.0518. The lowest BCUT2D eigenvalue weighted by Crippen LogP contribution is -2.31. The maximum Gasteiger partial charge on any atom is 0.192 e. The molecule has 1 aromatic carbocycles. The van der Waals surface area contributed by atoms with E-state index < -0.39 is 0 Å². The Kier molecular flexibility index (Phi) is 4.84. The molecule has 18 heavy (non-hydrogen) atoms. The number of carbonyl (C=O) groups is 1. The number of hydrogen-bond donors (Lipinski definition) is 0. The second kappa shape index (κ2) is 6.39. The van der Waals surface area contributed by atoms with E-state index in [1.807, 2.05) is 18.2 Å². The summed E-state index contributed by atoms with van der Waals surface area (Å²) in [4.78, 5) is 12.3. The molecule has 1 saturated heterocycles. The molecule has 0 N–H and O–H groups in total. The minimum Gasteiger partial charge on any atom is -0.368 e. The summed E-state index contributed by atoms with van der Waals surface area (Å²) < 4.78 is 5.54. The van der Waals surface area contributed by atoms with Crippen LogP contribution in [0.4, 0.5) is 0 Å². The normalized spacial score (nSPS) is 20.1. The summed E-state index contributed by atoms with van der Waals surface area (Å²) >= 11 is 1.80. The van der Waals surface area contributed by atoms with Crippen LogP contribution < -0.4 is 0 Å². The maximum absolute atomic E-state index is 12.3. The van der Waals surface area contributed by atoms with Gasteiger partial charge in [-0.1, -0.05) is 32.0 Å². The van der Waals surface area contributed by atoms with Crippen LogP contribution in [0.2, 0.25) is 0 Å². The minimum atomic E-state index is -0.252. The summed E-state index contributed by atoms with van der Waals surface area (Å²) in [6.07, 6.45) is 0.763. The van der Waals surface area contributed by atoms with Gasteiger partial charge in [-0.3, -0.25) is 4.79 Å². The molecule has 2 nitrogen and oxygen atoms in total. The Balaban J connectivity index is 2.09. The summed E-state index contributed by atoms with van der Waals surface area (Å²) in [5.41, 5.74) is 2.03. The van der Waals surface area contributed by atoms with Crippen LogP contribution in [0.25, 0.3) is 0 Å². The number of carbonyl (C=O) groups excluding carboxylic acids is 1. The summed E-state index contributed by atoms with van der Waals surface area (Å²) in [7, 11) is 0. The molecular weight excluding hydrogens is 244 g/mol. The van der Waals surface area contributed by atoms with Crippen molar-refractivity contribution >= 4 is 17.5 Å². The van der Waals surface area contributed by atoms with Gasteiger partial charge in [-0.2, -0.15) is 11.8 Å². The molecule has 1 aromatic rings. The lowest BCUT2D eigenvalue weighted by Gasteiger charge is -2.21. The van der Waals surface area contributed by atoms with Crippen molar-refractivity contribution < 1.29 is 9.53 Å². The van der Waals surface area contributed by atoms with Gasteiger partial charge in [0.25, 0.3) is 0 Å². The van der Waals surface area contributed by atoms with Crippen LogP contribution in [0, 0.1) is 5.92 Å². The molecule has 3 heteroatoms. The van der Waals surface area contributed by atoms with Gasteiger partial charge < -0.3 is 4.74 Å². The van der Waals surface area contributed by atoms with Gasteiger partial charge in [-0.25, -0.2) is 0 Å². The SMILES string of the molecule is CC(C)Cc1cccc(C(=O)C2CSCCO2)c1. The van der Waals surface area contributed by atoms with Gasteiger partial charge in [0.05, 0.1) is 6.61 Å². The van der Waals surface area contributed by atoms with E-state index in [-0.39, 0.29) is 11.9 Å². The van der Waals surface area contributed by atoms with Gasteiger partial charge in [0.1, 0.15) is 6.10 Å². The molecule has 0 bridgehead atoms. The van der Waals surface area contributed by atoms with E-state index in [2.05, 4.69) is 19.9 Å². The monoisotopic (exact) mass is 264 g/mol. The molecule has 1 aliphatic heterocycles. The Morgan fingerprint density at radius 3 is 3.00 bits per heavy atom. The van der Waals surface area contributed by atoms with Crippen molar-refractivity contribution in [1.29, 1.82) is 0 Å². The molecule has 1 aliphatic rings. The number of ketones is 1. The zero-order valence-electron chi connectivity index (χ0n) is 11.0. The minimum absolute atomic E-state index is 0.132. The Morgan fingerprint density at radius 1 is 1.50 bits per heavy atom. The van der Waals surface area contributed by atoms with E-state index in [1.165, 1.54) is 5.56 Å². The van der Waals surface area contributed by atoms with E-state index in [0.29, 0.717) is 12.5 Å². The number of benzene rings is 1. The molecule has 0 saturated carbocycles. The standard InChI is InChI=1S/C15H20O2S/c1-11(2)8-12-4-3-5-13(9-12)15(16)14-10-18-7-6-17-14/h3-5,9,11,14H,6-8,10H2,1-2H3. The highest BCUT2D eigenvalue weighted by molar-refractivity contribution is 7.99. The first-order chi connectivity index (χ1) is 8.66. The summed E-state index contributed by atoms with van der Waals surface area (Å²) in [5.74, 6) is 2.52. The maximum atomic E-state index is 12.3. The van der Waals surface area contributed by atoms with Crippen LogP contribution >= 0.6 is 11.8 Å². The van der Waals surface area contributed by atoms with Crippen LogP contribution in [0.3, 0.4) is 0 Å². The predicted molar refractivity (Wildman–Crippen MR) is 76.4 cm³/mol. The van der Waals surface area contributed by atoms with Crippen molar-refractivity contribution in [3.63, 3.8) is 0 Å². The summed E-state index contributed by atoms with van der Waals surface area (Å²) in [5, 5.41) is 0. The molecular formula is C15H20O2S. The van der Waals surface area contributed by atoms with Gasteiger partial charge in [0.2, 0.25) is 0 Å². The Bertz CT molecular complexity index is 409. The predicted octanol–water partition coefficient (Wildman–Crippen LogP) is 3.20. The molecule has 0 aromatic heterocycles. The summed E-state index contributed by atoms with van der Waals surface area (Å²) in [6.45, 7) is 5.07. The number of rotatable bonds is 4. The zero-order chi connectivity index (χ0) is 13.0. The highest BCUT2D eigenvalue weighted by Gasteiger charge is 2.23. The molecule has 0 aliphatic carbocycles. The van der Waals surface area contributed by atoms with E-state index in [1.54, 1.807) is 11.8 Å². The highest BCUT2D eigenvalue weighted by Crippen LogP contribution is 2.18. The van der Waals surface area contributed by atoms with Gasteiger partial charge in [-0.05, 0) is 24.0 Å². The smallest absolute Gasteiger partial charge is 0.192 e. The van der Waals surface area contributed by atoms with Crippen molar-refractivity contribution in [2.75, 3.05) is 18.1 Å². The molecule has 98 valence electrons. The zero-order valence-corrected chi connectivity index (χ0v) is 11.8. The molecule has 1 heterocycles. The molecule has 0 radical (unpaired) electrons. The van der Waals surface area contributed by atoms with Crippen molar-refractivity contribution in [1.82, 2.24) is 0 Å².